The number of ether oxygens (including phenoxy) is 2. The summed E-state index contributed by atoms with van der Waals surface area (Å²) in [5.41, 5.74) is 5.10. The SMILES string of the molecule is CCCCCCc1ccc2c(c1)C1OCCOC1[C@H](c1ccccc1)N2. The third-order valence-electron chi connectivity index (χ3n) is 5.53. The summed E-state index contributed by atoms with van der Waals surface area (Å²) in [5, 5.41) is 3.71. The number of hydrogen-bond donors (Lipinski definition) is 1. The van der Waals surface area contributed by atoms with Gasteiger partial charge in [0.2, 0.25) is 0 Å². The van der Waals surface area contributed by atoms with Gasteiger partial charge in [-0.1, -0.05) is 68.7 Å². The van der Waals surface area contributed by atoms with Gasteiger partial charge in [0.05, 0.1) is 19.3 Å². The molecule has 0 aromatic heterocycles. The highest BCUT2D eigenvalue weighted by atomic mass is 16.6. The van der Waals surface area contributed by atoms with Gasteiger partial charge in [0.25, 0.3) is 0 Å². The minimum absolute atomic E-state index is 0.0146. The standard InChI is InChI=1S/C23H29NO2/c1-2-3-4-6-9-17-12-13-20-19(16-17)22-23(26-15-14-25-22)21(24-20)18-10-7-5-8-11-18/h5,7-8,10-13,16,21-24H,2-4,6,9,14-15H2,1H3/t21-,22?,23?/m0/s1. The Kier molecular flexibility index (Phi) is 5.57. The lowest BCUT2D eigenvalue weighted by Crippen LogP contribution is -2.43. The maximum absolute atomic E-state index is 6.19. The Hall–Kier alpha value is -1.84. The molecule has 26 heavy (non-hydrogen) atoms. The van der Waals surface area contributed by atoms with Gasteiger partial charge in [-0.3, -0.25) is 0 Å². The van der Waals surface area contributed by atoms with Crippen LogP contribution in [0.5, 0.6) is 0 Å². The highest BCUT2D eigenvalue weighted by molar-refractivity contribution is 5.58. The van der Waals surface area contributed by atoms with E-state index in [2.05, 4.69) is 60.8 Å². The number of unbranched alkanes of at least 4 members (excludes halogenated alkanes) is 3. The molecule has 0 aliphatic carbocycles. The molecule has 2 aromatic rings. The van der Waals surface area contributed by atoms with Crippen molar-refractivity contribution < 1.29 is 9.47 Å². The molecule has 138 valence electrons. The fourth-order valence-corrected chi connectivity index (χ4v) is 4.15. The molecule has 1 fully saturated rings. The molecule has 2 aliphatic heterocycles. The van der Waals surface area contributed by atoms with Crippen molar-refractivity contribution in [3.05, 3.63) is 65.2 Å². The topological polar surface area (TPSA) is 30.5 Å². The van der Waals surface area contributed by atoms with E-state index in [0.717, 1.165) is 6.42 Å². The number of fused-ring (bicyclic) bond motifs is 3. The van der Waals surface area contributed by atoms with Crippen LogP contribution in [-0.4, -0.2) is 19.3 Å². The van der Waals surface area contributed by atoms with Gasteiger partial charge in [-0.2, -0.15) is 0 Å². The van der Waals surface area contributed by atoms with Crippen molar-refractivity contribution in [1.29, 1.82) is 0 Å². The number of aryl methyl sites for hydroxylation is 1. The predicted octanol–water partition coefficient (Wildman–Crippen LogP) is 5.43. The van der Waals surface area contributed by atoms with E-state index in [4.69, 9.17) is 9.47 Å². The van der Waals surface area contributed by atoms with Crippen molar-refractivity contribution in [1.82, 2.24) is 0 Å². The second kappa shape index (κ2) is 8.24. The van der Waals surface area contributed by atoms with Crippen LogP contribution in [0.1, 0.15) is 61.4 Å². The summed E-state index contributed by atoms with van der Waals surface area (Å²) in [6, 6.07) is 17.5. The molecule has 2 aliphatic rings. The average molecular weight is 351 g/mol. The third-order valence-corrected chi connectivity index (χ3v) is 5.53. The Bertz CT molecular complexity index is 715. The van der Waals surface area contributed by atoms with Gasteiger partial charge >= 0.3 is 0 Å². The number of nitrogens with one attached hydrogen (secondary N) is 1. The number of rotatable bonds is 6. The largest absolute Gasteiger partial charge is 0.375 e. The van der Waals surface area contributed by atoms with E-state index < -0.39 is 0 Å². The molecule has 0 spiro atoms. The van der Waals surface area contributed by atoms with E-state index in [1.54, 1.807) is 0 Å². The molecule has 0 bridgehead atoms. The molecule has 0 amide bonds. The predicted molar refractivity (Wildman–Crippen MR) is 106 cm³/mol. The van der Waals surface area contributed by atoms with Gasteiger partial charge < -0.3 is 14.8 Å². The van der Waals surface area contributed by atoms with Gasteiger partial charge in [-0.15, -0.1) is 0 Å². The van der Waals surface area contributed by atoms with Gasteiger partial charge in [-0.05, 0) is 30.0 Å². The number of anilines is 1. The van der Waals surface area contributed by atoms with Gasteiger partial charge in [-0.25, -0.2) is 0 Å². The fraction of sp³-hybridized carbons (Fsp3) is 0.478. The minimum atomic E-state index is 0.0146. The highest BCUT2D eigenvalue weighted by Gasteiger charge is 2.40. The Balaban J connectivity index is 1.58. The van der Waals surface area contributed by atoms with Crippen LogP contribution in [-0.2, 0) is 15.9 Å². The zero-order valence-corrected chi connectivity index (χ0v) is 15.6. The molecule has 3 atom stereocenters. The smallest absolute Gasteiger partial charge is 0.113 e. The molecule has 4 rings (SSSR count). The van der Waals surface area contributed by atoms with Crippen LogP contribution >= 0.6 is 0 Å². The summed E-state index contributed by atoms with van der Waals surface area (Å²) in [4.78, 5) is 0. The molecule has 1 N–H and O–H groups in total. The van der Waals surface area contributed by atoms with Crippen LogP contribution in [0.2, 0.25) is 0 Å². The zero-order valence-electron chi connectivity index (χ0n) is 15.6. The molecule has 0 radical (unpaired) electrons. The first kappa shape index (κ1) is 17.6. The molecular weight excluding hydrogens is 322 g/mol. The molecule has 0 saturated carbocycles. The van der Waals surface area contributed by atoms with Gasteiger partial charge in [0.15, 0.2) is 0 Å². The van der Waals surface area contributed by atoms with Crippen molar-refractivity contribution in [2.45, 2.75) is 57.3 Å². The molecule has 2 heterocycles. The van der Waals surface area contributed by atoms with Crippen LogP contribution in [0.3, 0.4) is 0 Å². The Morgan fingerprint density at radius 2 is 1.81 bits per heavy atom. The summed E-state index contributed by atoms with van der Waals surface area (Å²) >= 11 is 0. The van der Waals surface area contributed by atoms with E-state index >= 15 is 0 Å². The molecule has 2 unspecified atom stereocenters. The number of benzene rings is 2. The Morgan fingerprint density at radius 1 is 0.962 bits per heavy atom. The zero-order chi connectivity index (χ0) is 17.8. The quantitative estimate of drug-likeness (QED) is 0.704. The number of hydrogen-bond acceptors (Lipinski definition) is 3. The van der Waals surface area contributed by atoms with Crippen LogP contribution < -0.4 is 5.32 Å². The first-order valence-corrected chi connectivity index (χ1v) is 10.0. The molecule has 2 aromatic carbocycles. The van der Waals surface area contributed by atoms with E-state index in [9.17, 15) is 0 Å². The highest BCUT2D eigenvalue weighted by Crippen LogP contribution is 2.44. The molecule has 3 nitrogen and oxygen atoms in total. The van der Waals surface area contributed by atoms with E-state index in [1.807, 2.05) is 0 Å². The van der Waals surface area contributed by atoms with Crippen LogP contribution in [0.25, 0.3) is 0 Å². The second-order valence-corrected chi connectivity index (χ2v) is 7.39. The summed E-state index contributed by atoms with van der Waals surface area (Å²) in [6.07, 6.45) is 6.37. The van der Waals surface area contributed by atoms with E-state index in [1.165, 1.54) is 48.1 Å². The normalized spacial score (nSPS) is 24.4. The summed E-state index contributed by atoms with van der Waals surface area (Å²) in [7, 11) is 0. The first-order chi connectivity index (χ1) is 12.9. The van der Waals surface area contributed by atoms with Crippen molar-refractivity contribution in [3.63, 3.8) is 0 Å². The van der Waals surface area contributed by atoms with Crippen molar-refractivity contribution in [2.75, 3.05) is 18.5 Å². The molecule has 1 saturated heterocycles. The van der Waals surface area contributed by atoms with Crippen LogP contribution in [0.4, 0.5) is 5.69 Å². The second-order valence-electron chi connectivity index (χ2n) is 7.39. The van der Waals surface area contributed by atoms with Crippen LogP contribution in [0, 0.1) is 0 Å². The van der Waals surface area contributed by atoms with Crippen molar-refractivity contribution in [2.24, 2.45) is 0 Å². The maximum Gasteiger partial charge on any atom is 0.113 e. The van der Waals surface area contributed by atoms with E-state index in [-0.39, 0.29) is 18.2 Å². The van der Waals surface area contributed by atoms with Crippen molar-refractivity contribution in [3.8, 4) is 0 Å². The maximum atomic E-state index is 6.19. The van der Waals surface area contributed by atoms with Gasteiger partial charge in [0.1, 0.15) is 12.2 Å². The lowest BCUT2D eigenvalue weighted by molar-refractivity contribution is -0.151. The monoisotopic (exact) mass is 351 g/mol. The fourth-order valence-electron chi connectivity index (χ4n) is 4.15. The van der Waals surface area contributed by atoms with E-state index in [0.29, 0.717) is 13.2 Å². The Labute approximate surface area is 156 Å². The summed E-state index contributed by atoms with van der Waals surface area (Å²) in [5.74, 6) is 0. The third kappa shape index (κ3) is 3.65. The van der Waals surface area contributed by atoms with Crippen molar-refractivity contribution >= 4 is 5.69 Å². The molecule has 3 heteroatoms. The minimum Gasteiger partial charge on any atom is -0.375 e. The lowest BCUT2D eigenvalue weighted by Gasteiger charge is -2.43. The summed E-state index contributed by atoms with van der Waals surface area (Å²) < 4.78 is 12.4. The van der Waals surface area contributed by atoms with Gasteiger partial charge in [0, 0.05) is 11.3 Å². The first-order valence-electron chi connectivity index (χ1n) is 10.0. The van der Waals surface area contributed by atoms with Crippen LogP contribution in [0.15, 0.2) is 48.5 Å². The molecular formula is C23H29NO2. The summed E-state index contributed by atoms with van der Waals surface area (Å²) in [6.45, 7) is 3.59. The average Bonchev–Trinajstić information content (AvgIpc) is 2.71. The Morgan fingerprint density at radius 3 is 2.65 bits per heavy atom. The lowest BCUT2D eigenvalue weighted by atomic mass is 9.86.